The molecule has 0 saturated carbocycles. The lowest BCUT2D eigenvalue weighted by Crippen LogP contribution is -2.45. The standard InChI is InChI=1S/C16H19FN2O3/c1-9(2)14(16(21)22-4)18-15(20)13-8-10-7-11(17)5-6-12(10)19(13)3/h5-9,14H,1-4H3,(H,18,20). The Balaban J connectivity index is 2.33. The summed E-state index contributed by atoms with van der Waals surface area (Å²) in [4.78, 5) is 24.2. The Morgan fingerprint density at radius 1 is 1.27 bits per heavy atom. The zero-order valence-electron chi connectivity index (χ0n) is 13.0. The number of benzene rings is 1. The molecule has 0 aliphatic heterocycles. The zero-order chi connectivity index (χ0) is 16.4. The first-order valence-corrected chi connectivity index (χ1v) is 6.98. The molecule has 6 heteroatoms. The molecule has 118 valence electrons. The molecular weight excluding hydrogens is 287 g/mol. The van der Waals surface area contributed by atoms with Crippen LogP contribution in [-0.4, -0.2) is 29.6 Å². The first-order valence-electron chi connectivity index (χ1n) is 6.98. The Hall–Kier alpha value is -2.37. The third-order valence-corrected chi connectivity index (χ3v) is 3.65. The zero-order valence-corrected chi connectivity index (χ0v) is 13.0. The molecule has 0 aliphatic carbocycles. The highest BCUT2D eigenvalue weighted by Crippen LogP contribution is 2.20. The van der Waals surface area contributed by atoms with Crippen molar-refractivity contribution < 1.29 is 18.7 Å². The van der Waals surface area contributed by atoms with E-state index in [0.717, 1.165) is 5.52 Å². The number of ether oxygens (including phenoxy) is 1. The van der Waals surface area contributed by atoms with E-state index in [0.29, 0.717) is 11.1 Å². The largest absolute Gasteiger partial charge is 0.467 e. The molecule has 1 aromatic heterocycles. The van der Waals surface area contributed by atoms with Crippen LogP contribution in [0, 0.1) is 11.7 Å². The monoisotopic (exact) mass is 306 g/mol. The molecule has 2 aromatic rings. The molecule has 2 rings (SSSR count). The number of esters is 1. The SMILES string of the molecule is COC(=O)C(NC(=O)c1cc2cc(F)ccc2n1C)C(C)C. The van der Waals surface area contributed by atoms with E-state index < -0.39 is 17.9 Å². The molecule has 0 bridgehead atoms. The molecular formula is C16H19FN2O3. The molecule has 1 heterocycles. The maximum Gasteiger partial charge on any atom is 0.328 e. The summed E-state index contributed by atoms with van der Waals surface area (Å²) in [7, 11) is 3.00. The quantitative estimate of drug-likeness (QED) is 0.881. The Morgan fingerprint density at radius 3 is 2.55 bits per heavy atom. The first-order chi connectivity index (χ1) is 10.3. The number of rotatable bonds is 4. The maximum atomic E-state index is 13.3. The van der Waals surface area contributed by atoms with Gasteiger partial charge < -0.3 is 14.6 Å². The number of hydrogen-bond acceptors (Lipinski definition) is 3. The predicted molar refractivity (Wildman–Crippen MR) is 81.0 cm³/mol. The maximum absolute atomic E-state index is 13.3. The fraction of sp³-hybridized carbons (Fsp3) is 0.375. The fourth-order valence-corrected chi connectivity index (χ4v) is 2.38. The van der Waals surface area contributed by atoms with Crippen molar-refractivity contribution in [3.05, 3.63) is 35.8 Å². The molecule has 1 atom stereocenters. The van der Waals surface area contributed by atoms with E-state index in [9.17, 15) is 14.0 Å². The van der Waals surface area contributed by atoms with Crippen molar-refractivity contribution in [1.29, 1.82) is 0 Å². The topological polar surface area (TPSA) is 60.3 Å². The van der Waals surface area contributed by atoms with Gasteiger partial charge in [-0.25, -0.2) is 9.18 Å². The van der Waals surface area contributed by atoms with Crippen molar-refractivity contribution in [2.75, 3.05) is 7.11 Å². The van der Waals surface area contributed by atoms with Crippen molar-refractivity contribution >= 4 is 22.8 Å². The Bertz CT molecular complexity index is 721. The average Bonchev–Trinajstić information content (AvgIpc) is 2.79. The fourth-order valence-electron chi connectivity index (χ4n) is 2.38. The highest BCUT2D eigenvalue weighted by Gasteiger charge is 2.26. The normalized spacial score (nSPS) is 12.5. The van der Waals surface area contributed by atoms with E-state index in [1.807, 2.05) is 13.8 Å². The van der Waals surface area contributed by atoms with E-state index in [1.54, 1.807) is 23.7 Å². The van der Waals surface area contributed by atoms with Crippen LogP contribution in [-0.2, 0) is 16.6 Å². The van der Waals surface area contributed by atoms with Crippen molar-refractivity contribution in [2.24, 2.45) is 13.0 Å². The van der Waals surface area contributed by atoms with Crippen LogP contribution < -0.4 is 5.32 Å². The highest BCUT2D eigenvalue weighted by molar-refractivity contribution is 6.00. The molecule has 0 radical (unpaired) electrons. The van der Waals surface area contributed by atoms with E-state index in [1.165, 1.54) is 19.2 Å². The molecule has 1 N–H and O–H groups in total. The van der Waals surface area contributed by atoms with Crippen LogP contribution >= 0.6 is 0 Å². The van der Waals surface area contributed by atoms with Gasteiger partial charge in [0.05, 0.1) is 7.11 Å². The van der Waals surface area contributed by atoms with E-state index in [2.05, 4.69) is 5.32 Å². The van der Waals surface area contributed by atoms with Gasteiger partial charge in [0.1, 0.15) is 17.6 Å². The number of carbonyl (C=O) groups excluding carboxylic acids is 2. The minimum atomic E-state index is -0.729. The van der Waals surface area contributed by atoms with Gasteiger partial charge in [-0.15, -0.1) is 0 Å². The van der Waals surface area contributed by atoms with Gasteiger partial charge >= 0.3 is 5.97 Å². The number of carbonyl (C=O) groups is 2. The second kappa shape index (κ2) is 6.17. The van der Waals surface area contributed by atoms with Crippen LogP contribution in [0.4, 0.5) is 4.39 Å². The van der Waals surface area contributed by atoms with Crippen LogP contribution in [0.15, 0.2) is 24.3 Å². The lowest BCUT2D eigenvalue weighted by molar-refractivity contribution is -0.144. The summed E-state index contributed by atoms with van der Waals surface area (Å²) in [6.45, 7) is 3.64. The molecule has 5 nitrogen and oxygen atoms in total. The van der Waals surface area contributed by atoms with Crippen LogP contribution in [0.1, 0.15) is 24.3 Å². The van der Waals surface area contributed by atoms with Gasteiger partial charge in [-0.2, -0.15) is 0 Å². The molecule has 0 saturated heterocycles. The van der Waals surface area contributed by atoms with Gasteiger partial charge in [0.15, 0.2) is 0 Å². The average molecular weight is 306 g/mol. The summed E-state index contributed by atoms with van der Waals surface area (Å²) in [5.41, 5.74) is 1.10. The van der Waals surface area contributed by atoms with E-state index in [-0.39, 0.29) is 11.7 Å². The van der Waals surface area contributed by atoms with Gasteiger partial charge in [0, 0.05) is 18.0 Å². The summed E-state index contributed by atoms with van der Waals surface area (Å²) in [6.07, 6.45) is 0. The summed E-state index contributed by atoms with van der Waals surface area (Å²) >= 11 is 0. The molecule has 22 heavy (non-hydrogen) atoms. The number of aromatic nitrogens is 1. The van der Waals surface area contributed by atoms with Gasteiger partial charge in [-0.05, 0) is 30.2 Å². The van der Waals surface area contributed by atoms with Gasteiger partial charge in [0.2, 0.25) is 0 Å². The lowest BCUT2D eigenvalue weighted by atomic mass is 10.0. The van der Waals surface area contributed by atoms with Crippen molar-refractivity contribution in [1.82, 2.24) is 9.88 Å². The smallest absolute Gasteiger partial charge is 0.328 e. The van der Waals surface area contributed by atoms with Crippen LogP contribution in [0.25, 0.3) is 10.9 Å². The van der Waals surface area contributed by atoms with Crippen LogP contribution in [0.3, 0.4) is 0 Å². The van der Waals surface area contributed by atoms with E-state index in [4.69, 9.17) is 4.74 Å². The van der Waals surface area contributed by atoms with Crippen molar-refractivity contribution in [3.8, 4) is 0 Å². The molecule has 0 fully saturated rings. The summed E-state index contributed by atoms with van der Waals surface area (Å²) in [5, 5.41) is 3.30. The van der Waals surface area contributed by atoms with Crippen molar-refractivity contribution in [3.63, 3.8) is 0 Å². The number of methoxy groups -OCH3 is 1. The number of nitrogens with one attached hydrogen (secondary N) is 1. The third kappa shape index (κ3) is 2.95. The molecule has 0 aliphatic rings. The summed E-state index contributed by atoms with van der Waals surface area (Å²) in [6, 6.07) is 5.19. The first kappa shape index (κ1) is 16.0. The summed E-state index contributed by atoms with van der Waals surface area (Å²) in [5.74, 6) is -1.36. The highest BCUT2D eigenvalue weighted by atomic mass is 19.1. The van der Waals surface area contributed by atoms with Gasteiger partial charge in [-0.3, -0.25) is 4.79 Å². The molecule has 1 unspecified atom stereocenters. The third-order valence-electron chi connectivity index (χ3n) is 3.65. The van der Waals surface area contributed by atoms with Crippen LogP contribution in [0.2, 0.25) is 0 Å². The Kier molecular flexibility index (Phi) is 4.49. The number of halogens is 1. The molecule has 1 aromatic carbocycles. The van der Waals surface area contributed by atoms with Crippen molar-refractivity contribution in [2.45, 2.75) is 19.9 Å². The molecule has 1 amide bonds. The van der Waals surface area contributed by atoms with Crippen LogP contribution in [0.5, 0.6) is 0 Å². The van der Waals surface area contributed by atoms with E-state index >= 15 is 0 Å². The minimum absolute atomic E-state index is 0.108. The molecule has 0 spiro atoms. The Morgan fingerprint density at radius 2 is 1.95 bits per heavy atom. The second-order valence-corrected chi connectivity index (χ2v) is 5.51. The number of amides is 1. The van der Waals surface area contributed by atoms with Gasteiger partial charge in [-0.1, -0.05) is 13.8 Å². The lowest BCUT2D eigenvalue weighted by Gasteiger charge is -2.19. The predicted octanol–water partition coefficient (Wildman–Crippen LogP) is 2.24. The second-order valence-electron chi connectivity index (χ2n) is 5.51. The Labute approximate surface area is 128 Å². The number of nitrogens with zero attached hydrogens (tertiary/aromatic N) is 1. The number of aryl methyl sites for hydroxylation is 1. The number of hydrogen-bond donors (Lipinski definition) is 1. The minimum Gasteiger partial charge on any atom is -0.467 e. The number of fused-ring (bicyclic) bond motifs is 1. The summed E-state index contributed by atoms with van der Waals surface area (Å²) < 4.78 is 19.6. The van der Waals surface area contributed by atoms with Gasteiger partial charge in [0.25, 0.3) is 5.91 Å².